The number of alkyl halides is 3. The Bertz CT molecular complexity index is 1510. The van der Waals surface area contributed by atoms with Gasteiger partial charge in [0, 0.05) is 41.1 Å². The highest BCUT2D eigenvalue weighted by Crippen LogP contribution is 2.39. The van der Waals surface area contributed by atoms with E-state index in [0.29, 0.717) is 23.0 Å². The maximum atomic E-state index is 13.7. The molecule has 3 fully saturated rings. The van der Waals surface area contributed by atoms with E-state index in [1.807, 2.05) is 30.3 Å². The van der Waals surface area contributed by atoms with Crippen LogP contribution >= 0.6 is 11.9 Å². The van der Waals surface area contributed by atoms with E-state index < -0.39 is 12.7 Å². The molecule has 1 spiro atoms. The van der Waals surface area contributed by atoms with E-state index in [9.17, 15) is 13.2 Å². The second kappa shape index (κ2) is 13.1. The summed E-state index contributed by atoms with van der Waals surface area (Å²) in [5, 5.41) is 13.3. The van der Waals surface area contributed by atoms with Crippen molar-refractivity contribution in [3.63, 3.8) is 0 Å². The van der Waals surface area contributed by atoms with Crippen molar-refractivity contribution >= 4 is 34.2 Å². The summed E-state index contributed by atoms with van der Waals surface area (Å²) >= 11 is 1.12. The first kappa shape index (κ1) is 31.0. The molecular weight excluding hydrogens is 587 g/mol. The van der Waals surface area contributed by atoms with Crippen molar-refractivity contribution < 1.29 is 22.6 Å². The van der Waals surface area contributed by atoms with E-state index in [1.54, 1.807) is 19.2 Å². The number of aromatic nitrogens is 1. The molecule has 7 nitrogen and oxygen atoms in total. The van der Waals surface area contributed by atoms with E-state index in [0.717, 1.165) is 91.8 Å². The van der Waals surface area contributed by atoms with Crippen molar-refractivity contribution in [2.45, 2.75) is 80.2 Å². The molecule has 4 N–H and O–H groups in total. The fraction of sp³-hybridized carbons (Fsp3) is 0.515. The van der Waals surface area contributed by atoms with Crippen molar-refractivity contribution in [1.29, 1.82) is 0 Å². The quantitative estimate of drug-likeness (QED) is 0.192. The molecule has 11 heteroatoms. The van der Waals surface area contributed by atoms with E-state index in [-0.39, 0.29) is 18.2 Å². The van der Waals surface area contributed by atoms with Crippen LogP contribution in [0.5, 0.6) is 5.75 Å². The minimum atomic E-state index is -4.38. The van der Waals surface area contributed by atoms with Gasteiger partial charge in [0.2, 0.25) is 0 Å². The number of benzene rings is 2. The largest absolute Gasteiger partial charge is 0.495 e. The standard InChI is InChI=1S/C33H40F3N5O2S/c1-42-31-21-26(44-37)11-12-29(31)38-16-3-4-25-20-27-28(5-2-6-30(27)41(25)22-33(34,35)36)39-23-7-9-24(10-8-23)40-17-13-32(14-18-40)15-19-43-32/h2,5-6,11-12,20-21,23-24,38-39H,7-10,13-19,22,37H2,1H3. The van der Waals surface area contributed by atoms with Gasteiger partial charge in [-0.15, -0.1) is 0 Å². The van der Waals surface area contributed by atoms with Crippen LogP contribution in [0.3, 0.4) is 0 Å². The second-order valence-electron chi connectivity index (χ2n) is 12.1. The average Bonchev–Trinajstić information content (AvgIpc) is 3.35. The summed E-state index contributed by atoms with van der Waals surface area (Å²) in [6, 6.07) is 13.7. The number of nitrogens with two attached hydrogens (primary N) is 1. The molecule has 2 aliphatic heterocycles. The van der Waals surface area contributed by atoms with Gasteiger partial charge in [0.1, 0.15) is 12.3 Å². The lowest BCUT2D eigenvalue weighted by molar-refractivity contribution is -0.176. The molecular formula is C33H40F3N5O2S. The Labute approximate surface area is 261 Å². The summed E-state index contributed by atoms with van der Waals surface area (Å²) in [6.07, 6.45) is 3.42. The van der Waals surface area contributed by atoms with Gasteiger partial charge < -0.3 is 29.6 Å². The average molecular weight is 628 g/mol. The number of rotatable bonds is 8. The molecule has 3 aromatic rings. The lowest BCUT2D eigenvalue weighted by atomic mass is 9.82. The Hall–Kier alpha value is -3.04. The van der Waals surface area contributed by atoms with Crippen LogP contribution < -0.4 is 20.5 Å². The molecule has 6 rings (SSSR count). The number of nitrogens with zero attached hydrogens (tertiary/aromatic N) is 2. The molecule has 2 saturated heterocycles. The number of hydrogen-bond donors (Lipinski definition) is 3. The minimum Gasteiger partial charge on any atom is -0.495 e. The highest BCUT2D eigenvalue weighted by Gasteiger charge is 2.42. The first-order valence-electron chi connectivity index (χ1n) is 15.4. The predicted octanol–water partition coefficient (Wildman–Crippen LogP) is 6.62. The van der Waals surface area contributed by atoms with Crippen LogP contribution in [0.15, 0.2) is 47.4 Å². The van der Waals surface area contributed by atoms with Gasteiger partial charge in [-0.3, -0.25) is 5.14 Å². The number of likely N-dealkylation sites (tertiary alicyclic amines) is 1. The maximum absolute atomic E-state index is 13.7. The Morgan fingerprint density at radius 3 is 2.50 bits per heavy atom. The molecule has 0 atom stereocenters. The van der Waals surface area contributed by atoms with Gasteiger partial charge in [-0.1, -0.05) is 12.0 Å². The zero-order chi connectivity index (χ0) is 30.7. The van der Waals surface area contributed by atoms with E-state index in [4.69, 9.17) is 14.6 Å². The summed E-state index contributed by atoms with van der Waals surface area (Å²) in [4.78, 5) is 3.50. The van der Waals surface area contributed by atoms with Gasteiger partial charge >= 0.3 is 6.18 Å². The van der Waals surface area contributed by atoms with Crippen molar-refractivity contribution in [1.82, 2.24) is 9.47 Å². The number of anilines is 2. The topological polar surface area (TPSA) is 76.7 Å². The van der Waals surface area contributed by atoms with Crippen molar-refractivity contribution in [3.8, 4) is 17.6 Å². The van der Waals surface area contributed by atoms with Crippen LogP contribution in [0.4, 0.5) is 24.5 Å². The van der Waals surface area contributed by atoms with E-state index in [1.165, 1.54) is 11.0 Å². The lowest BCUT2D eigenvalue weighted by Crippen LogP contribution is -2.54. The Morgan fingerprint density at radius 1 is 1.07 bits per heavy atom. The van der Waals surface area contributed by atoms with Gasteiger partial charge in [0.15, 0.2) is 0 Å². The summed E-state index contributed by atoms with van der Waals surface area (Å²) in [7, 11) is 1.57. The van der Waals surface area contributed by atoms with Crippen LogP contribution in [-0.2, 0) is 11.3 Å². The van der Waals surface area contributed by atoms with Gasteiger partial charge in [0.05, 0.1) is 42.8 Å². The lowest BCUT2D eigenvalue weighted by Gasteiger charge is -2.50. The molecule has 2 aromatic carbocycles. The number of piperidine rings is 1. The molecule has 1 aliphatic carbocycles. The predicted molar refractivity (Wildman–Crippen MR) is 170 cm³/mol. The van der Waals surface area contributed by atoms with Crippen LogP contribution in [0, 0.1) is 11.8 Å². The Morgan fingerprint density at radius 2 is 1.84 bits per heavy atom. The molecule has 0 bridgehead atoms. The first-order valence-corrected chi connectivity index (χ1v) is 16.2. The van der Waals surface area contributed by atoms with Crippen molar-refractivity contribution in [3.05, 3.63) is 48.2 Å². The number of hydrogen-bond acceptors (Lipinski definition) is 7. The monoisotopic (exact) mass is 627 g/mol. The van der Waals surface area contributed by atoms with Gasteiger partial charge in [-0.25, -0.2) is 0 Å². The molecule has 3 aliphatic rings. The fourth-order valence-electron chi connectivity index (χ4n) is 6.92. The summed E-state index contributed by atoms with van der Waals surface area (Å²) in [5.74, 6) is 6.60. The Balaban J connectivity index is 1.14. The smallest absolute Gasteiger partial charge is 0.406 e. The molecule has 3 heterocycles. The molecule has 236 valence electrons. The highest BCUT2D eigenvalue weighted by molar-refractivity contribution is 7.97. The summed E-state index contributed by atoms with van der Waals surface area (Å²) in [6.45, 7) is 2.27. The minimum absolute atomic E-state index is 0.167. The van der Waals surface area contributed by atoms with E-state index >= 15 is 0 Å². The highest BCUT2D eigenvalue weighted by atomic mass is 32.2. The normalized spacial score (nSPS) is 21.8. The summed E-state index contributed by atoms with van der Waals surface area (Å²) < 4.78 is 53.6. The third-order valence-corrected chi connectivity index (χ3v) is 9.95. The van der Waals surface area contributed by atoms with Gasteiger partial charge in [0.25, 0.3) is 0 Å². The van der Waals surface area contributed by atoms with Crippen LogP contribution in [0.1, 0.15) is 50.6 Å². The van der Waals surface area contributed by atoms with Crippen molar-refractivity contribution in [2.24, 2.45) is 5.14 Å². The third-order valence-electron chi connectivity index (χ3n) is 9.42. The van der Waals surface area contributed by atoms with Gasteiger partial charge in [-0.05, 0) is 99.2 Å². The number of nitrogens with one attached hydrogen (secondary N) is 2. The molecule has 0 amide bonds. The molecule has 44 heavy (non-hydrogen) atoms. The van der Waals surface area contributed by atoms with E-state index in [2.05, 4.69) is 27.4 Å². The van der Waals surface area contributed by atoms with Gasteiger partial charge in [-0.2, -0.15) is 13.2 Å². The zero-order valence-corrected chi connectivity index (χ0v) is 25.8. The van der Waals surface area contributed by atoms with Crippen LogP contribution in [0.25, 0.3) is 10.9 Å². The van der Waals surface area contributed by atoms with Crippen LogP contribution in [0.2, 0.25) is 0 Å². The van der Waals surface area contributed by atoms with Crippen molar-refractivity contribution in [2.75, 3.05) is 44.0 Å². The number of halogens is 3. The second-order valence-corrected chi connectivity index (χ2v) is 12.8. The SMILES string of the molecule is COc1cc(SN)ccc1NCC#Cc1cc2c(NC3CCC(N4CCC5(CCO5)CC4)CC3)cccc2n1CC(F)(F)F. The maximum Gasteiger partial charge on any atom is 0.406 e. The third kappa shape index (κ3) is 6.94. The molecule has 1 aromatic heterocycles. The number of methoxy groups -OCH3 is 1. The Kier molecular flexibility index (Phi) is 9.24. The van der Waals surface area contributed by atoms with Crippen LogP contribution in [-0.4, -0.2) is 66.7 Å². The fourth-order valence-corrected chi connectivity index (χ4v) is 7.24. The first-order chi connectivity index (χ1) is 21.3. The zero-order valence-electron chi connectivity index (χ0n) is 25.0. The molecule has 0 unspecified atom stereocenters. The number of ether oxygens (including phenoxy) is 2. The molecule has 1 saturated carbocycles. The summed E-state index contributed by atoms with van der Waals surface area (Å²) in [5.41, 5.74) is 2.61. The molecule has 0 radical (unpaired) electrons. The number of fused-ring (bicyclic) bond motifs is 1.